The van der Waals surface area contributed by atoms with Crippen LogP contribution in [-0.2, 0) is 143 Å². The third-order valence-corrected chi connectivity index (χ3v) is 14.2. The SMILES string of the molecule is C=CC(=O)OCCOCC(CC)(COCCOC(=O)C=C)OCCOC(=O)C=C.C=CC(=O)OCCOCCOCCOCCOCCOCCOCC.C=CC(=O)OCCOCCOCCOCCOCCOCCOCCOCCOCCOc1ccc(C(C)(C)c2ccc(OCCOCCOCC)cc2)cc1. The monoisotopic (exact) mass is 1570 g/mol. The minimum Gasteiger partial charge on any atom is -0.491 e. The number of ether oxygens (including phenoxy) is 26. The Bertz CT molecular complexity index is 2510. The molecule has 0 unspecified atom stereocenters. The van der Waals surface area contributed by atoms with E-state index in [1.807, 2.05) is 45.0 Å². The zero-order chi connectivity index (χ0) is 80.6. The summed E-state index contributed by atoms with van der Waals surface area (Å²) in [6.07, 6.45) is 5.96. The van der Waals surface area contributed by atoms with Crippen molar-refractivity contribution in [3.05, 3.63) is 123 Å². The molecule has 0 heterocycles. The highest BCUT2D eigenvalue weighted by Gasteiger charge is 2.31. The van der Waals surface area contributed by atoms with Gasteiger partial charge in [0.2, 0.25) is 0 Å². The number of carbonyl (C=O) groups is 5. The molecule has 0 N–H and O–H groups in total. The normalized spacial score (nSPS) is 11.1. The molecule has 2 aromatic rings. The smallest absolute Gasteiger partial charge is 0.330 e. The van der Waals surface area contributed by atoms with Gasteiger partial charge in [-0.3, -0.25) is 0 Å². The number of rotatable bonds is 77. The second kappa shape index (κ2) is 77.6. The standard InChI is InChI=1S/C42H66O14.C20H30O9.C17H32O8/c1-5-41(43)56-36-33-53-30-28-50-26-24-48-22-20-46-18-17-45-19-21-47-23-25-49-27-29-52-32-35-55-40-13-9-38(10-14-40)42(3,4)37-7-11-39(12-8-37)54-34-31-51-16-15-44-6-2;1-5-17(21)26-11-9-24-15-20(8-4,29-14-13-28-19(23)7-3)16-25-10-12-27-18(22)6-2;1-3-17(18)25-16-15-24-14-13-23-12-11-22-10-9-21-8-7-20-6-5-19-4-2/h5,7-14H,1,6,15-36H2,2-4H3;5-7H,1-3,8-16H2,4H3;3H,1,4-16H2,2H3. The van der Waals surface area contributed by atoms with Crippen LogP contribution in [0.25, 0.3) is 0 Å². The summed E-state index contributed by atoms with van der Waals surface area (Å²) < 4.78 is 139. The molecule has 31 nitrogen and oxygen atoms in total. The number of carbonyl (C=O) groups excluding carboxylic acids is 5. The molecule has 0 fully saturated rings. The van der Waals surface area contributed by atoms with Crippen LogP contribution < -0.4 is 9.47 Å². The van der Waals surface area contributed by atoms with Crippen molar-refractivity contribution >= 4 is 29.8 Å². The molecule has 31 heteroatoms. The Morgan fingerprint density at radius 2 is 0.455 bits per heavy atom. The number of hydrogen-bond acceptors (Lipinski definition) is 31. The van der Waals surface area contributed by atoms with E-state index in [-0.39, 0.29) is 71.5 Å². The van der Waals surface area contributed by atoms with Gasteiger partial charge in [-0.15, -0.1) is 0 Å². The Labute approximate surface area is 651 Å². The molecule has 0 aliphatic rings. The second-order valence-electron chi connectivity index (χ2n) is 22.7. The highest BCUT2D eigenvalue weighted by molar-refractivity contribution is 5.82. The molecule has 0 spiro atoms. The molecule has 0 saturated heterocycles. The van der Waals surface area contributed by atoms with E-state index in [2.05, 4.69) is 71.0 Å². The molecule has 0 aromatic heterocycles. The zero-order valence-electron chi connectivity index (χ0n) is 66.0. The van der Waals surface area contributed by atoms with Crippen LogP contribution in [0.15, 0.2) is 112 Å². The number of benzene rings is 2. The molecular formula is C79H128O31. The van der Waals surface area contributed by atoms with Crippen LogP contribution in [0.4, 0.5) is 0 Å². The van der Waals surface area contributed by atoms with Crippen LogP contribution in [0, 0.1) is 0 Å². The first-order valence-corrected chi connectivity index (χ1v) is 37.2. The van der Waals surface area contributed by atoms with Crippen molar-refractivity contribution in [1.29, 1.82) is 0 Å². The lowest BCUT2D eigenvalue weighted by Crippen LogP contribution is -2.43. The fourth-order valence-corrected chi connectivity index (χ4v) is 8.24. The summed E-state index contributed by atoms with van der Waals surface area (Å²) in [5.74, 6) is -0.897. The largest absolute Gasteiger partial charge is 0.491 e. The van der Waals surface area contributed by atoms with E-state index in [0.29, 0.717) is 231 Å². The predicted molar refractivity (Wildman–Crippen MR) is 407 cm³/mol. The Morgan fingerprint density at radius 1 is 0.264 bits per heavy atom. The van der Waals surface area contributed by atoms with Gasteiger partial charge in [-0.25, -0.2) is 24.0 Å². The molecular weight excluding hydrogens is 1440 g/mol. The third-order valence-electron chi connectivity index (χ3n) is 14.2. The minimum atomic E-state index is -0.828. The molecule has 0 atom stereocenters. The minimum absolute atomic E-state index is 0.0422. The van der Waals surface area contributed by atoms with Gasteiger partial charge in [-0.1, -0.05) is 77.9 Å². The Morgan fingerprint density at radius 3 is 0.664 bits per heavy atom. The predicted octanol–water partition coefficient (Wildman–Crippen LogP) is 6.89. The van der Waals surface area contributed by atoms with Gasteiger partial charge in [0, 0.05) is 49.0 Å². The topological polar surface area (TPSA) is 325 Å². The van der Waals surface area contributed by atoms with Crippen molar-refractivity contribution in [3.63, 3.8) is 0 Å². The molecule has 0 saturated carbocycles. The van der Waals surface area contributed by atoms with Crippen molar-refractivity contribution in [2.75, 3.05) is 291 Å². The third kappa shape index (κ3) is 64.9. The van der Waals surface area contributed by atoms with E-state index < -0.39 is 35.4 Å². The lowest BCUT2D eigenvalue weighted by Gasteiger charge is -2.32. The quantitative estimate of drug-likeness (QED) is 0.0281. The summed E-state index contributed by atoms with van der Waals surface area (Å²) in [5.41, 5.74) is 1.38. The average molecular weight is 1570 g/mol. The summed E-state index contributed by atoms with van der Waals surface area (Å²) in [5, 5.41) is 0. The Hall–Kier alpha value is -6.67. The lowest BCUT2D eigenvalue weighted by molar-refractivity contribution is -0.161. The van der Waals surface area contributed by atoms with Crippen molar-refractivity contribution in [3.8, 4) is 11.5 Å². The van der Waals surface area contributed by atoms with Crippen molar-refractivity contribution < 1.29 is 147 Å². The van der Waals surface area contributed by atoms with E-state index in [9.17, 15) is 24.0 Å². The maximum Gasteiger partial charge on any atom is 0.330 e. The number of esters is 5. The van der Waals surface area contributed by atoms with Crippen LogP contribution in [0.5, 0.6) is 11.5 Å². The molecule has 0 radical (unpaired) electrons. The van der Waals surface area contributed by atoms with Gasteiger partial charge < -0.3 is 123 Å². The first-order valence-electron chi connectivity index (χ1n) is 37.2. The van der Waals surface area contributed by atoms with Gasteiger partial charge in [0.15, 0.2) is 0 Å². The Kier molecular flexibility index (Phi) is 72.9. The summed E-state index contributed by atoms with van der Waals surface area (Å²) in [7, 11) is 0. The first kappa shape index (κ1) is 103. The van der Waals surface area contributed by atoms with E-state index in [1.165, 1.54) is 11.1 Å². The second-order valence-corrected chi connectivity index (χ2v) is 22.7. The summed E-state index contributed by atoms with van der Waals surface area (Å²) in [6.45, 7) is 45.2. The van der Waals surface area contributed by atoms with Gasteiger partial charge in [-0.05, 0) is 55.7 Å². The molecule has 2 rings (SSSR count). The Balaban J connectivity index is 0.00000184. The molecule has 0 bridgehead atoms. The summed E-state index contributed by atoms with van der Waals surface area (Å²) >= 11 is 0. The molecule has 0 aliphatic heterocycles. The molecule has 0 aliphatic carbocycles. The molecule has 110 heavy (non-hydrogen) atoms. The van der Waals surface area contributed by atoms with Crippen molar-refractivity contribution in [2.45, 2.75) is 52.1 Å². The fraction of sp³-hybridized carbons (Fsp3) is 0.658. The highest BCUT2D eigenvalue weighted by Crippen LogP contribution is 2.33. The highest BCUT2D eigenvalue weighted by atomic mass is 16.6. The van der Waals surface area contributed by atoms with Crippen LogP contribution >= 0.6 is 0 Å². The van der Waals surface area contributed by atoms with E-state index in [1.54, 1.807) is 0 Å². The molecule has 630 valence electrons. The van der Waals surface area contributed by atoms with Gasteiger partial charge >= 0.3 is 29.8 Å². The molecule has 2 aromatic carbocycles. The van der Waals surface area contributed by atoms with E-state index >= 15 is 0 Å². The maximum atomic E-state index is 11.1. The summed E-state index contributed by atoms with van der Waals surface area (Å²) in [4.78, 5) is 54.8. The van der Waals surface area contributed by atoms with Gasteiger partial charge in [-0.2, -0.15) is 0 Å². The van der Waals surface area contributed by atoms with Crippen LogP contribution in [0.2, 0.25) is 0 Å². The van der Waals surface area contributed by atoms with Gasteiger partial charge in [0.1, 0.15) is 63.3 Å². The van der Waals surface area contributed by atoms with Crippen LogP contribution in [0.1, 0.15) is 52.2 Å². The van der Waals surface area contributed by atoms with E-state index in [0.717, 1.165) is 41.9 Å². The molecule has 0 amide bonds. The van der Waals surface area contributed by atoms with Crippen molar-refractivity contribution in [2.24, 2.45) is 0 Å². The maximum absolute atomic E-state index is 11.1. The first-order chi connectivity index (χ1) is 53.7. The van der Waals surface area contributed by atoms with Crippen LogP contribution in [0.3, 0.4) is 0 Å². The fourth-order valence-electron chi connectivity index (χ4n) is 8.24. The van der Waals surface area contributed by atoms with Crippen LogP contribution in [-0.4, -0.2) is 326 Å². The van der Waals surface area contributed by atoms with Gasteiger partial charge in [0.05, 0.1) is 231 Å². The van der Waals surface area contributed by atoms with Crippen molar-refractivity contribution in [1.82, 2.24) is 0 Å². The summed E-state index contributed by atoms with van der Waals surface area (Å²) in [6, 6.07) is 16.4. The average Bonchev–Trinajstić information content (AvgIpc) is 0.804. The lowest BCUT2D eigenvalue weighted by atomic mass is 9.78. The van der Waals surface area contributed by atoms with Gasteiger partial charge in [0.25, 0.3) is 0 Å². The number of hydrogen-bond donors (Lipinski definition) is 0. The zero-order valence-corrected chi connectivity index (χ0v) is 66.0. The van der Waals surface area contributed by atoms with E-state index in [4.69, 9.17) is 123 Å².